The van der Waals surface area contributed by atoms with Gasteiger partial charge in [0, 0.05) is 11.3 Å². The lowest BCUT2D eigenvalue weighted by molar-refractivity contribution is -0.111. The highest BCUT2D eigenvalue weighted by atomic mass is 16.5. The number of amides is 1. The van der Waals surface area contributed by atoms with E-state index in [0.717, 1.165) is 22.6 Å². The fourth-order valence-electron chi connectivity index (χ4n) is 3.19. The smallest absolute Gasteiger partial charge is 0.256 e. The minimum absolute atomic E-state index is 0.191. The number of rotatable bonds is 7. The van der Waals surface area contributed by atoms with Gasteiger partial charge in [0.15, 0.2) is 0 Å². The van der Waals surface area contributed by atoms with Gasteiger partial charge in [-0.1, -0.05) is 60.7 Å². The molecule has 158 valence electrons. The molecule has 0 bridgehead atoms. The predicted octanol–water partition coefficient (Wildman–Crippen LogP) is 6.67. The van der Waals surface area contributed by atoms with Crippen LogP contribution in [0.5, 0.6) is 17.2 Å². The van der Waals surface area contributed by atoms with Gasteiger partial charge in [-0.3, -0.25) is 4.79 Å². The van der Waals surface area contributed by atoms with Crippen molar-refractivity contribution in [3.8, 4) is 17.2 Å². The van der Waals surface area contributed by atoms with Gasteiger partial charge in [-0.05, 0) is 65.7 Å². The summed E-state index contributed by atoms with van der Waals surface area (Å²) in [5.74, 6) is 2.04. The molecule has 0 heterocycles. The summed E-state index contributed by atoms with van der Waals surface area (Å²) in [6.45, 7) is 0. The van der Waals surface area contributed by atoms with Gasteiger partial charge in [0.25, 0.3) is 5.91 Å². The molecule has 0 spiro atoms. The van der Waals surface area contributed by atoms with Gasteiger partial charge < -0.3 is 14.8 Å². The van der Waals surface area contributed by atoms with E-state index in [2.05, 4.69) is 5.32 Å². The fourth-order valence-corrected chi connectivity index (χ4v) is 3.19. The summed E-state index contributed by atoms with van der Waals surface area (Å²) in [6, 6.07) is 34.1. The Morgan fingerprint density at radius 1 is 0.688 bits per heavy atom. The monoisotopic (exact) mass is 421 g/mol. The highest BCUT2D eigenvalue weighted by molar-refractivity contribution is 6.29. The Morgan fingerprint density at radius 3 is 1.88 bits per heavy atom. The summed E-state index contributed by atoms with van der Waals surface area (Å²) in [7, 11) is 1.63. The van der Waals surface area contributed by atoms with Crippen molar-refractivity contribution in [1.29, 1.82) is 0 Å². The number of carbonyl (C=O) groups excluding carboxylic acids is 1. The van der Waals surface area contributed by atoms with Crippen molar-refractivity contribution >= 4 is 23.2 Å². The molecule has 4 aromatic carbocycles. The molecule has 4 rings (SSSR count). The van der Waals surface area contributed by atoms with Crippen LogP contribution < -0.4 is 14.8 Å². The van der Waals surface area contributed by atoms with Crippen LogP contribution in [0.25, 0.3) is 11.6 Å². The van der Waals surface area contributed by atoms with Crippen LogP contribution in [0, 0.1) is 0 Å². The third-order valence-electron chi connectivity index (χ3n) is 4.85. The molecule has 0 aromatic heterocycles. The summed E-state index contributed by atoms with van der Waals surface area (Å²) in [5, 5.41) is 2.99. The van der Waals surface area contributed by atoms with Crippen LogP contribution in [0.2, 0.25) is 0 Å². The summed E-state index contributed by atoms with van der Waals surface area (Å²) < 4.78 is 11.0. The lowest BCUT2D eigenvalue weighted by Gasteiger charge is -2.11. The molecule has 0 saturated heterocycles. The zero-order valence-corrected chi connectivity index (χ0v) is 17.7. The molecule has 0 unspecified atom stereocenters. The first kappa shape index (κ1) is 20.9. The number of benzene rings is 4. The molecule has 4 heteroatoms. The van der Waals surface area contributed by atoms with Crippen molar-refractivity contribution in [2.75, 3.05) is 12.4 Å². The van der Waals surface area contributed by atoms with Crippen LogP contribution in [0.1, 0.15) is 11.1 Å². The van der Waals surface area contributed by atoms with Crippen LogP contribution in [0.15, 0.2) is 109 Å². The largest absolute Gasteiger partial charge is 0.497 e. The first-order valence-electron chi connectivity index (χ1n) is 10.3. The van der Waals surface area contributed by atoms with E-state index < -0.39 is 0 Å². The molecule has 32 heavy (non-hydrogen) atoms. The normalized spacial score (nSPS) is 11.0. The maximum atomic E-state index is 13.2. The molecular formula is C28H23NO3. The average Bonchev–Trinajstić information content (AvgIpc) is 2.85. The van der Waals surface area contributed by atoms with Crippen LogP contribution >= 0.6 is 0 Å². The van der Waals surface area contributed by atoms with E-state index in [1.807, 2.05) is 115 Å². The van der Waals surface area contributed by atoms with E-state index in [1.54, 1.807) is 7.11 Å². The highest BCUT2D eigenvalue weighted by Crippen LogP contribution is 2.25. The van der Waals surface area contributed by atoms with Gasteiger partial charge in [-0.15, -0.1) is 0 Å². The van der Waals surface area contributed by atoms with Crippen LogP contribution in [-0.2, 0) is 4.79 Å². The SMILES string of the molecule is COc1ccc(/C=C(/C(=O)Nc2ccc(Oc3ccccc3)cc2)c2ccccc2)cc1. The van der Waals surface area contributed by atoms with Gasteiger partial charge in [0.2, 0.25) is 0 Å². The van der Waals surface area contributed by atoms with E-state index in [1.165, 1.54) is 0 Å². The van der Waals surface area contributed by atoms with Gasteiger partial charge in [0.05, 0.1) is 7.11 Å². The quantitative estimate of drug-likeness (QED) is 0.268. The fraction of sp³-hybridized carbons (Fsp3) is 0.0357. The number of hydrogen-bond donors (Lipinski definition) is 1. The predicted molar refractivity (Wildman–Crippen MR) is 129 cm³/mol. The second-order valence-corrected chi connectivity index (χ2v) is 7.09. The Balaban J connectivity index is 1.54. The lowest BCUT2D eigenvalue weighted by atomic mass is 10.0. The van der Waals surface area contributed by atoms with Gasteiger partial charge >= 0.3 is 0 Å². The summed E-state index contributed by atoms with van der Waals surface area (Å²) >= 11 is 0. The molecule has 1 amide bonds. The van der Waals surface area contributed by atoms with Crippen molar-refractivity contribution in [1.82, 2.24) is 0 Å². The number of hydrogen-bond acceptors (Lipinski definition) is 3. The molecule has 4 nitrogen and oxygen atoms in total. The van der Waals surface area contributed by atoms with Crippen LogP contribution in [-0.4, -0.2) is 13.0 Å². The molecule has 1 N–H and O–H groups in total. The Bertz CT molecular complexity index is 1180. The molecule has 0 aliphatic rings. The number of ether oxygens (including phenoxy) is 2. The minimum atomic E-state index is -0.191. The molecule has 0 aliphatic carbocycles. The summed E-state index contributed by atoms with van der Waals surface area (Å²) in [4.78, 5) is 13.2. The average molecular weight is 421 g/mol. The number of anilines is 1. The zero-order chi connectivity index (χ0) is 22.2. The molecule has 0 fully saturated rings. The lowest BCUT2D eigenvalue weighted by Crippen LogP contribution is -2.13. The van der Waals surface area contributed by atoms with E-state index in [4.69, 9.17) is 9.47 Å². The topological polar surface area (TPSA) is 47.6 Å². The van der Waals surface area contributed by atoms with E-state index in [-0.39, 0.29) is 5.91 Å². The standard InChI is InChI=1S/C28H23NO3/c1-31-24-16-12-21(13-17-24)20-27(22-8-4-2-5-9-22)28(30)29-23-14-18-26(19-15-23)32-25-10-6-3-7-11-25/h2-20H,1H3,(H,29,30)/b27-20+. The number of nitrogens with one attached hydrogen (secondary N) is 1. The van der Waals surface area contributed by atoms with Gasteiger partial charge in [-0.25, -0.2) is 0 Å². The Kier molecular flexibility index (Phi) is 6.63. The van der Waals surface area contributed by atoms with Gasteiger partial charge in [0.1, 0.15) is 17.2 Å². The van der Waals surface area contributed by atoms with Crippen molar-refractivity contribution in [2.24, 2.45) is 0 Å². The molecule has 0 aliphatic heterocycles. The second-order valence-electron chi connectivity index (χ2n) is 7.09. The first-order chi connectivity index (χ1) is 15.7. The second kappa shape index (κ2) is 10.1. The molecule has 0 saturated carbocycles. The maximum absolute atomic E-state index is 13.2. The van der Waals surface area contributed by atoms with Crippen molar-refractivity contribution < 1.29 is 14.3 Å². The Labute approximate surface area is 187 Å². The summed E-state index contributed by atoms with van der Waals surface area (Å²) in [5.41, 5.74) is 3.00. The van der Waals surface area contributed by atoms with Crippen molar-refractivity contribution in [3.63, 3.8) is 0 Å². The highest BCUT2D eigenvalue weighted by Gasteiger charge is 2.13. The number of carbonyl (C=O) groups is 1. The van der Waals surface area contributed by atoms with E-state index in [0.29, 0.717) is 17.0 Å². The Morgan fingerprint density at radius 2 is 1.25 bits per heavy atom. The number of para-hydroxylation sites is 1. The number of methoxy groups -OCH3 is 1. The summed E-state index contributed by atoms with van der Waals surface area (Å²) in [6.07, 6.45) is 1.87. The maximum Gasteiger partial charge on any atom is 0.256 e. The van der Waals surface area contributed by atoms with Crippen LogP contribution in [0.4, 0.5) is 5.69 Å². The Hall–Kier alpha value is -4.31. The molecule has 4 aromatic rings. The van der Waals surface area contributed by atoms with E-state index >= 15 is 0 Å². The third-order valence-corrected chi connectivity index (χ3v) is 4.85. The molecule has 0 radical (unpaired) electrons. The molecular weight excluding hydrogens is 398 g/mol. The van der Waals surface area contributed by atoms with Crippen molar-refractivity contribution in [2.45, 2.75) is 0 Å². The van der Waals surface area contributed by atoms with Gasteiger partial charge in [-0.2, -0.15) is 0 Å². The molecule has 0 atom stereocenters. The van der Waals surface area contributed by atoms with Crippen molar-refractivity contribution in [3.05, 3.63) is 120 Å². The minimum Gasteiger partial charge on any atom is -0.497 e. The van der Waals surface area contributed by atoms with Crippen LogP contribution in [0.3, 0.4) is 0 Å². The third kappa shape index (κ3) is 5.43. The van der Waals surface area contributed by atoms with E-state index in [9.17, 15) is 4.79 Å². The first-order valence-corrected chi connectivity index (χ1v) is 10.3. The zero-order valence-electron chi connectivity index (χ0n) is 17.7.